The molecule has 0 saturated carbocycles. The average molecular weight is 1040 g/mol. The van der Waals surface area contributed by atoms with Crippen molar-refractivity contribution in [3.8, 4) is 0 Å². The number of hydrogen-bond acceptors (Lipinski definition) is 11. The highest BCUT2D eigenvalue weighted by Gasteiger charge is 2.28. The summed E-state index contributed by atoms with van der Waals surface area (Å²) in [4.78, 5) is 40.0. The maximum absolute atomic E-state index is 12.6. The van der Waals surface area contributed by atoms with Crippen molar-refractivity contribution >= 4 is 17.9 Å². The van der Waals surface area contributed by atoms with Crippen LogP contribution in [0.1, 0.15) is 286 Å². The minimum atomic E-state index is -0.337. The zero-order valence-corrected chi connectivity index (χ0v) is 49.7. The molecule has 1 aliphatic heterocycles. The molecule has 1 heterocycles. The van der Waals surface area contributed by atoms with Gasteiger partial charge in [-0.2, -0.15) is 0 Å². The van der Waals surface area contributed by atoms with Crippen LogP contribution in [0.5, 0.6) is 0 Å². The number of aliphatic hydroxyl groups is 2. The van der Waals surface area contributed by atoms with Crippen molar-refractivity contribution in [1.82, 2.24) is 9.80 Å². The Bertz CT molecular complexity index is 1140. The van der Waals surface area contributed by atoms with E-state index in [-0.39, 0.29) is 42.6 Å². The molecule has 0 aliphatic carbocycles. The summed E-state index contributed by atoms with van der Waals surface area (Å²) in [5.41, 5.74) is -0.337. The number of carbonyl (C=O) groups excluding carboxylic acids is 3. The highest BCUT2D eigenvalue weighted by Crippen LogP contribution is 2.27. The quantitative estimate of drug-likeness (QED) is 0.0342. The third-order valence-electron chi connectivity index (χ3n) is 14.6. The standard InChI is InChI=1S/C28H55NO2.C27H54O4.C7H15NO3/c1-5-7-11-18-26(19-12-8-6-2)20-17-25-31-27(30)28(3,4)21-13-9-10-14-22-29-23-15-16-24-29;1-3-5-7-9-12-16-20-26(21-17-13-10-8-6-4-2)31-27(29)22-18-14-11-15-19-24-30-25-23-28;1-8(5-6-9)4-3-7(10)11-2/h26H,5-25H2,1-4H3;26,28H,3-25H2,1-2H3;9H,3-6H2,1-2H3. The first-order valence-corrected chi connectivity index (χ1v) is 31.1. The molecule has 0 atom stereocenters. The second kappa shape index (κ2) is 56.4. The monoisotopic (exact) mass is 1040 g/mol. The van der Waals surface area contributed by atoms with E-state index in [9.17, 15) is 14.4 Å². The number of esters is 3. The zero-order chi connectivity index (χ0) is 54.3. The molecule has 73 heavy (non-hydrogen) atoms. The maximum Gasteiger partial charge on any atom is 0.311 e. The molecule has 2 N–H and O–H groups in total. The fourth-order valence-corrected chi connectivity index (χ4v) is 9.54. The largest absolute Gasteiger partial charge is 0.469 e. The molecule has 1 rings (SSSR count). The summed E-state index contributed by atoms with van der Waals surface area (Å²) < 4.78 is 21.3. The van der Waals surface area contributed by atoms with Crippen LogP contribution in [0.4, 0.5) is 0 Å². The van der Waals surface area contributed by atoms with Crippen molar-refractivity contribution < 1.29 is 43.5 Å². The lowest BCUT2D eigenvalue weighted by atomic mass is 9.87. The molecule has 1 saturated heterocycles. The van der Waals surface area contributed by atoms with Crippen molar-refractivity contribution in [2.45, 2.75) is 292 Å². The molecule has 0 spiro atoms. The van der Waals surface area contributed by atoms with E-state index in [2.05, 4.69) is 51.2 Å². The normalized spacial score (nSPS) is 12.8. The summed E-state index contributed by atoms with van der Waals surface area (Å²) in [7, 11) is 3.22. The number of unbranched alkanes of at least 4 members (excludes halogenated alkanes) is 21. The van der Waals surface area contributed by atoms with E-state index in [4.69, 9.17) is 24.4 Å². The Labute approximate surface area is 452 Å². The number of likely N-dealkylation sites (N-methyl/N-ethyl adjacent to an activating group) is 1. The van der Waals surface area contributed by atoms with Gasteiger partial charge in [-0.05, 0) is 123 Å². The maximum atomic E-state index is 12.6. The average Bonchev–Trinajstić information content (AvgIpc) is 3.91. The number of nitrogens with zero attached hydrogens (tertiary/aromatic N) is 2. The Morgan fingerprint density at radius 3 is 1.59 bits per heavy atom. The minimum absolute atomic E-state index is 0.00763. The molecule has 0 unspecified atom stereocenters. The summed E-state index contributed by atoms with van der Waals surface area (Å²) >= 11 is 0. The Morgan fingerprint density at radius 1 is 0.534 bits per heavy atom. The summed E-state index contributed by atoms with van der Waals surface area (Å²) in [6.07, 6.45) is 45.6. The highest BCUT2D eigenvalue weighted by molar-refractivity contribution is 5.75. The molecule has 436 valence electrons. The SMILES string of the molecule is CCCCCC(CCCCC)CCCOC(=O)C(C)(C)CCCCCCN1CCCC1.CCCCCCCCC(CCCCCCCC)OC(=O)CCCCCCCOCCO.COC(=O)CCN(C)CCO. The van der Waals surface area contributed by atoms with Crippen LogP contribution in [0.25, 0.3) is 0 Å². The van der Waals surface area contributed by atoms with Gasteiger partial charge in [-0.25, -0.2) is 0 Å². The molecule has 11 heteroatoms. The summed E-state index contributed by atoms with van der Waals surface area (Å²) in [5, 5.41) is 17.2. The highest BCUT2D eigenvalue weighted by atomic mass is 16.5. The molecule has 0 bridgehead atoms. The van der Waals surface area contributed by atoms with Gasteiger partial charge in [-0.1, -0.05) is 182 Å². The van der Waals surface area contributed by atoms with Gasteiger partial charge in [0.25, 0.3) is 0 Å². The molecular formula is C62H124N2O9. The number of ether oxygens (including phenoxy) is 4. The lowest BCUT2D eigenvalue weighted by Gasteiger charge is -2.23. The van der Waals surface area contributed by atoms with E-state index < -0.39 is 0 Å². The number of hydrogen-bond donors (Lipinski definition) is 2. The molecule has 0 aromatic carbocycles. The Morgan fingerprint density at radius 2 is 1.03 bits per heavy atom. The predicted octanol–water partition coefficient (Wildman–Crippen LogP) is 15.4. The van der Waals surface area contributed by atoms with Gasteiger partial charge in [0, 0.05) is 26.1 Å². The molecule has 0 aromatic rings. The van der Waals surface area contributed by atoms with Crippen molar-refractivity contribution in [1.29, 1.82) is 0 Å². The molecular weight excluding hydrogens is 917 g/mol. The van der Waals surface area contributed by atoms with E-state index in [0.717, 1.165) is 76.7 Å². The first-order chi connectivity index (χ1) is 35.4. The van der Waals surface area contributed by atoms with Crippen LogP contribution >= 0.6 is 0 Å². The van der Waals surface area contributed by atoms with Gasteiger partial charge in [0.2, 0.25) is 0 Å². The predicted molar refractivity (Wildman–Crippen MR) is 307 cm³/mol. The van der Waals surface area contributed by atoms with E-state index in [1.165, 1.54) is 194 Å². The molecule has 0 aromatic heterocycles. The van der Waals surface area contributed by atoms with Crippen molar-refractivity contribution in [3.63, 3.8) is 0 Å². The number of methoxy groups -OCH3 is 1. The van der Waals surface area contributed by atoms with Gasteiger partial charge >= 0.3 is 17.9 Å². The van der Waals surface area contributed by atoms with E-state index in [1.54, 1.807) is 0 Å². The number of aliphatic hydroxyl groups excluding tert-OH is 2. The third-order valence-corrected chi connectivity index (χ3v) is 14.6. The van der Waals surface area contributed by atoms with E-state index in [0.29, 0.717) is 39.1 Å². The fourth-order valence-electron chi connectivity index (χ4n) is 9.54. The lowest BCUT2D eigenvalue weighted by Crippen LogP contribution is -2.27. The number of carbonyl (C=O) groups is 3. The summed E-state index contributed by atoms with van der Waals surface area (Å²) in [6, 6.07) is 0. The van der Waals surface area contributed by atoms with Gasteiger partial charge in [0.15, 0.2) is 0 Å². The second-order valence-electron chi connectivity index (χ2n) is 22.2. The van der Waals surface area contributed by atoms with Crippen LogP contribution in [-0.2, 0) is 33.3 Å². The number of rotatable bonds is 50. The molecule has 11 nitrogen and oxygen atoms in total. The smallest absolute Gasteiger partial charge is 0.311 e. The van der Waals surface area contributed by atoms with E-state index >= 15 is 0 Å². The third kappa shape index (κ3) is 52.1. The first-order valence-electron chi connectivity index (χ1n) is 31.1. The van der Waals surface area contributed by atoms with Gasteiger partial charge in [-0.15, -0.1) is 0 Å². The van der Waals surface area contributed by atoms with Crippen LogP contribution < -0.4 is 0 Å². The van der Waals surface area contributed by atoms with Crippen LogP contribution in [0, 0.1) is 11.3 Å². The minimum Gasteiger partial charge on any atom is -0.469 e. The Kier molecular flexibility index (Phi) is 56.6. The van der Waals surface area contributed by atoms with Crippen LogP contribution in [0.2, 0.25) is 0 Å². The van der Waals surface area contributed by atoms with Crippen LogP contribution in [0.15, 0.2) is 0 Å². The summed E-state index contributed by atoms with van der Waals surface area (Å²) in [6.45, 7) is 20.3. The Hall–Kier alpha value is -1.79. The van der Waals surface area contributed by atoms with Gasteiger partial charge in [0.05, 0.1) is 45.4 Å². The van der Waals surface area contributed by atoms with Crippen molar-refractivity contribution in [2.75, 3.05) is 79.9 Å². The van der Waals surface area contributed by atoms with Gasteiger partial charge in [0.1, 0.15) is 6.10 Å². The topological polar surface area (TPSA) is 135 Å². The first kappa shape index (κ1) is 73.3. The van der Waals surface area contributed by atoms with Crippen LogP contribution in [0.3, 0.4) is 0 Å². The van der Waals surface area contributed by atoms with E-state index in [1.807, 2.05) is 11.9 Å². The van der Waals surface area contributed by atoms with Crippen molar-refractivity contribution in [3.05, 3.63) is 0 Å². The molecule has 0 radical (unpaired) electrons. The van der Waals surface area contributed by atoms with Crippen molar-refractivity contribution in [2.24, 2.45) is 11.3 Å². The molecule has 1 fully saturated rings. The second-order valence-corrected chi connectivity index (χ2v) is 22.2. The Balaban J connectivity index is 0. The lowest BCUT2D eigenvalue weighted by molar-refractivity contribution is -0.154. The number of likely N-dealkylation sites (tertiary alicyclic amines) is 1. The molecule has 0 amide bonds. The van der Waals surface area contributed by atoms with Gasteiger partial charge < -0.3 is 39.0 Å². The van der Waals surface area contributed by atoms with Crippen LogP contribution in [-0.4, -0.2) is 124 Å². The fraction of sp³-hybridized carbons (Fsp3) is 0.952. The summed E-state index contributed by atoms with van der Waals surface area (Å²) in [5.74, 6) is 0.631. The zero-order valence-electron chi connectivity index (χ0n) is 49.7. The van der Waals surface area contributed by atoms with Gasteiger partial charge in [-0.3, -0.25) is 14.4 Å². The molecule has 1 aliphatic rings.